The first-order valence-electron chi connectivity index (χ1n) is 10.2. The number of nitrogens with zero attached hydrogens (tertiary/aromatic N) is 3. The van der Waals surface area contributed by atoms with Gasteiger partial charge >= 0.3 is 5.69 Å². The number of ether oxygens (including phenoxy) is 2. The molecule has 1 N–H and O–H groups in total. The maximum absolute atomic E-state index is 11.3. The van der Waals surface area contributed by atoms with Gasteiger partial charge in [0.25, 0.3) is 5.69 Å². The Morgan fingerprint density at radius 3 is 2.50 bits per heavy atom. The fourth-order valence-corrected chi connectivity index (χ4v) is 3.62. The van der Waals surface area contributed by atoms with E-state index in [1.54, 1.807) is 12.1 Å². The molecular formula is C23H21BrN4O6. The Hall–Kier alpha value is -3.99. The lowest BCUT2D eigenvalue weighted by atomic mass is 10.1. The number of aryl methyl sites for hydroxylation is 1. The normalized spacial score (nSPS) is 10.8. The first-order chi connectivity index (χ1) is 16.3. The standard InChI is InChI=1S/C23H21BrN4O6/c1-3-33-22-11-16(10-19(24)23(22)34-14-17-7-5-4-6-15(17)2)13-25-26-20-9-8-18(27(29)30)12-21(20)28(31)32/h4-13,26H,3,14H2,1-2H3/b25-13-. The van der Waals surface area contributed by atoms with Crippen molar-refractivity contribution in [3.63, 3.8) is 0 Å². The molecule has 0 atom stereocenters. The van der Waals surface area contributed by atoms with Crippen molar-refractivity contribution in [2.75, 3.05) is 12.0 Å². The van der Waals surface area contributed by atoms with Crippen LogP contribution in [0.2, 0.25) is 0 Å². The topological polar surface area (TPSA) is 129 Å². The maximum Gasteiger partial charge on any atom is 0.301 e. The molecule has 0 saturated heterocycles. The van der Waals surface area contributed by atoms with Gasteiger partial charge in [-0.15, -0.1) is 0 Å². The minimum Gasteiger partial charge on any atom is -0.490 e. The van der Waals surface area contributed by atoms with E-state index in [9.17, 15) is 20.2 Å². The van der Waals surface area contributed by atoms with Gasteiger partial charge in [-0.25, -0.2) is 0 Å². The minimum absolute atomic E-state index is 0.0223. The lowest BCUT2D eigenvalue weighted by Gasteiger charge is -2.15. The van der Waals surface area contributed by atoms with E-state index in [0.717, 1.165) is 23.3 Å². The van der Waals surface area contributed by atoms with Crippen LogP contribution in [-0.2, 0) is 6.61 Å². The minimum atomic E-state index is -0.713. The van der Waals surface area contributed by atoms with Gasteiger partial charge in [-0.2, -0.15) is 5.10 Å². The van der Waals surface area contributed by atoms with Gasteiger partial charge in [-0.3, -0.25) is 25.7 Å². The molecular weight excluding hydrogens is 508 g/mol. The number of hydrazone groups is 1. The molecule has 176 valence electrons. The van der Waals surface area contributed by atoms with Gasteiger partial charge in [0.2, 0.25) is 0 Å². The summed E-state index contributed by atoms with van der Waals surface area (Å²) in [6, 6.07) is 14.7. The monoisotopic (exact) mass is 528 g/mol. The third-order valence-corrected chi connectivity index (χ3v) is 5.34. The fraction of sp³-hybridized carbons (Fsp3) is 0.174. The smallest absolute Gasteiger partial charge is 0.301 e. The van der Waals surface area contributed by atoms with Gasteiger partial charge in [0.1, 0.15) is 12.3 Å². The molecule has 0 aromatic heterocycles. The Labute approximate surface area is 203 Å². The predicted molar refractivity (Wildman–Crippen MR) is 132 cm³/mol. The molecule has 34 heavy (non-hydrogen) atoms. The summed E-state index contributed by atoms with van der Waals surface area (Å²) in [6.07, 6.45) is 1.45. The summed E-state index contributed by atoms with van der Waals surface area (Å²) in [4.78, 5) is 20.7. The third kappa shape index (κ3) is 6.07. The van der Waals surface area contributed by atoms with Crippen molar-refractivity contribution in [2.45, 2.75) is 20.5 Å². The molecule has 0 saturated carbocycles. The molecule has 3 aromatic rings. The Kier molecular flexibility index (Phi) is 8.14. The highest BCUT2D eigenvalue weighted by Crippen LogP contribution is 2.37. The molecule has 0 heterocycles. The second-order valence-electron chi connectivity index (χ2n) is 7.06. The van der Waals surface area contributed by atoms with Crippen LogP contribution in [0, 0.1) is 27.2 Å². The second-order valence-corrected chi connectivity index (χ2v) is 7.92. The van der Waals surface area contributed by atoms with Crippen LogP contribution in [0.1, 0.15) is 23.6 Å². The average Bonchev–Trinajstić information content (AvgIpc) is 2.79. The van der Waals surface area contributed by atoms with Crippen molar-refractivity contribution in [1.29, 1.82) is 0 Å². The average molecular weight is 529 g/mol. The lowest BCUT2D eigenvalue weighted by molar-refractivity contribution is -0.393. The van der Waals surface area contributed by atoms with Gasteiger partial charge in [0.15, 0.2) is 11.5 Å². The zero-order chi connectivity index (χ0) is 24.7. The molecule has 0 radical (unpaired) electrons. The van der Waals surface area contributed by atoms with E-state index in [4.69, 9.17) is 9.47 Å². The first kappa shape index (κ1) is 24.6. The summed E-state index contributed by atoms with van der Waals surface area (Å²) in [6.45, 7) is 4.65. The van der Waals surface area contributed by atoms with Gasteiger partial charge in [0, 0.05) is 6.07 Å². The van der Waals surface area contributed by atoms with Crippen LogP contribution in [0.4, 0.5) is 17.1 Å². The van der Waals surface area contributed by atoms with Crippen LogP contribution in [0.15, 0.2) is 64.2 Å². The van der Waals surface area contributed by atoms with Crippen molar-refractivity contribution in [2.24, 2.45) is 5.10 Å². The lowest BCUT2D eigenvalue weighted by Crippen LogP contribution is -2.03. The molecule has 3 aromatic carbocycles. The number of nitro benzene ring substituents is 2. The van der Waals surface area contributed by atoms with Crippen molar-refractivity contribution in [3.8, 4) is 11.5 Å². The molecule has 0 amide bonds. The number of nitro groups is 2. The highest BCUT2D eigenvalue weighted by molar-refractivity contribution is 9.10. The van der Waals surface area contributed by atoms with E-state index in [1.807, 2.05) is 38.1 Å². The summed E-state index contributed by atoms with van der Waals surface area (Å²) in [7, 11) is 0. The molecule has 0 bridgehead atoms. The van der Waals surface area contributed by atoms with Crippen molar-refractivity contribution < 1.29 is 19.3 Å². The Bertz CT molecular complexity index is 1250. The molecule has 0 spiro atoms. The number of anilines is 1. The van der Waals surface area contributed by atoms with Crippen LogP contribution >= 0.6 is 15.9 Å². The Balaban J connectivity index is 1.81. The molecule has 0 aliphatic heterocycles. The second kappa shape index (κ2) is 11.2. The van der Waals surface area contributed by atoms with E-state index >= 15 is 0 Å². The predicted octanol–water partition coefficient (Wildman–Crippen LogP) is 6.00. The molecule has 0 unspecified atom stereocenters. The van der Waals surface area contributed by atoms with Crippen molar-refractivity contribution in [3.05, 3.63) is 96.0 Å². The van der Waals surface area contributed by atoms with Gasteiger partial charge in [-0.05, 0) is 64.7 Å². The molecule has 0 fully saturated rings. The van der Waals surface area contributed by atoms with E-state index in [-0.39, 0.29) is 11.4 Å². The first-order valence-corrected chi connectivity index (χ1v) is 10.9. The van der Waals surface area contributed by atoms with Crippen LogP contribution < -0.4 is 14.9 Å². The highest BCUT2D eigenvalue weighted by Gasteiger charge is 2.19. The number of hydrogen-bond donors (Lipinski definition) is 1. The number of non-ortho nitro benzene ring substituents is 1. The number of rotatable bonds is 10. The quantitative estimate of drug-likeness (QED) is 0.194. The molecule has 0 aliphatic carbocycles. The largest absolute Gasteiger partial charge is 0.490 e. The molecule has 10 nitrogen and oxygen atoms in total. The fourth-order valence-electron chi connectivity index (χ4n) is 3.04. The summed E-state index contributed by atoms with van der Waals surface area (Å²) in [5.74, 6) is 1.05. The van der Waals surface area contributed by atoms with E-state index < -0.39 is 15.5 Å². The van der Waals surface area contributed by atoms with E-state index in [0.29, 0.717) is 34.7 Å². The van der Waals surface area contributed by atoms with Crippen molar-refractivity contribution in [1.82, 2.24) is 0 Å². The SMILES string of the molecule is CCOc1cc(/C=N\Nc2ccc([N+](=O)[O-])cc2[N+](=O)[O-])cc(Br)c1OCc1ccccc1C. The molecule has 0 aliphatic rings. The van der Waals surface area contributed by atoms with E-state index in [2.05, 4.69) is 26.5 Å². The summed E-state index contributed by atoms with van der Waals surface area (Å²) < 4.78 is 12.4. The number of halogens is 1. The molecule has 3 rings (SSSR count). The molecule has 11 heteroatoms. The summed E-state index contributed by atoms with van der Waals surface area (Å²) in [5, 5.41) is 26.2. The van der Waals surface area contributed by atoms with E-state index in [1.165, 1.54) is 12.3 Å². The number of hydrogen-bond acceptors (Lipinski definition) is 8. The van der Waals surface area contributed by atoms with Gasteiger partial charge in [-0.1, -0.05) is 24.3 Å². The maximum atomic E-state index is 11.3. The van der Waals surface area contributed by atoms with Gasteiger partial charge < -0.3 is 9.47 Å². The van der Waals surface area contributed by atoms with Crippen LogP contribution in [0.25, 0.3) is 0 Å². The summed E-state index contributed by atoms with van der Waals surface area (Å²) >= 11 is 3.51. The Morgan fingerprint density at radius 1 is 1.06 bits per heavy atom. The van der Waals surface area contributed by atoms with Crippen molar-refractivity contribution >= 4 is 39.2 Å². The van der Waals surface area contributed by atoms with Crippen LogP contribution in [0.3, 0.4) is 0 Å². The Morgan fingerprint density at radius 2 is 1.82 bits per heavy atom. The van der Waals surface area contributed by atoms with Gasteiger partial charge in [0.05, 0.1) is 33.2 Å². The zero-order valence-corrected chi connectivity index (χ0v) is 19.9. The summed E-state index contributed by atoms with van der Waals surface area (Å²) in [5.41, 5.74) is 4.55. The number of nitrogens with one attached hydrogen (secondary N) is 1. The van der Waals surface area contributed by atoms with Crippen LogP contribution in [0.5, 0.6) is 11.5 Å². The zero-order valence-electron chi connectivity index (χ0n) is 18.4. The number of benzene rings is 3. The highest BCUT2D eigenvalue weighted by atomic mass is 79.9. The third-order valence-electron chi connectivity index (χ3n) is 4.75. The van der Waals surface area contributed by atoms with Crippen LogP contribution in [-0.4, -0.2) is 22.7 Å².